The number of aliphatic carboxylic acids is 1. The van der Waals surface area contributed by atoms with Crippen molar-refractivity contribution < 1.29 is 19.5 Å². The minimum atomic E-state index is -1.24. The number of rotatable bonds is 3. The van der Waals surface area contributed by atoms with Crippen LogP contribution in [0.4, 0.5) is 11.4 Å². The maximum absolute atomic E-state index is 11.7. The molecular weight excluding hydrogens is 236 g/mol. The Balaban J connectivity index is 2.33. The predicted octanol–water partition coefficient (Wildman–Crippen LogP) is 0.619. The summed E-state index contributed by atoms with van der Waals surface area (Å²) in [5.41, 5.74) is 2.05. The van der Waals surface area contributed by atoms with Gasteiger partial charge >= 0.3 is 5.97 Å². The molecule has 6 nitrogen and oxygen atoms in total. The molecule has 2 N–H and O–H groups in total. The quantitative estimate of drug-likeness (QED) is 0.766. The SMILES string of the molecule is CNc1ccc2c(c1)CC(=O)N2C(=O)CC(=O)O. The number of carbonyl (C=O) groups is 3. The summed E-state index contributed by atoms with van der Waals surface area (Å²) in [5, 5.41) is 11.5. The highest BCUT2D eigenvalue weighted by atomic mass is 16.4. The number of anilines is 2. The third-order valence-corrected chi connectivity index (χ3v) is 2.75. The van der Waals surface area contributed by atoms with Gasteiger partial charge in [0.25, 0.3) is 0 Å². The second kappa shape index (κ2) is 4.48. The van der Waals surface area contributed by atoms with Crippen LogP contribution in [0, 0.1) is 0 Å². The van der Waals surface area contributed by atoms with E-state index in [1.807, 2.05) is 0 Å². The Labute approximate surface area is 103 Å². The topological polar surface area (TPSA) is 86.7 Å². The van der Waals surface area contributed by atoms with Gasteiger partial charge in [-0.15, -0.1) is 0 Å². The van der Waals surface area contributed by atoms with Crippen LogP contribution in [0.15, 0.2) is 18.2 Å². The van der Waals surface area contributed by atoms with Crippen LogP contribution >= 0.6 is 0 Å². The van der Waals surface area contributed by atoms with E-state index in [1.165, 1.54) is 0 Å². The molecule has 0 aromatic heterocycles. The number of benzene rings is 1. The number of imide groups is 1. The number of nitrogens with zero attached hydrogens (tertiary/aromatic N) is 1. The fourth-order valence-electron chi connectivity index (χ4n) is 1.96. The van der Waals surface area contributed by atoms with E-state index in [0.717, 1.165) is 16.2 Å². The van der Waals surface area contributed by atoms with Crippen LogP contribution < -0.4 is 10.2 Å². The number of hydrogen-bond donors (Lipinski definition) is 2. The third-order valence-electron chi connectivity index (χ3n) is 2.75. The Morgan fingerprint density at radius 3 is 2.78 bits per heavy atom. The van der Waals surface area contributed by atoms with Crippen LogP contribution in [0.5, 0.6) is 0 Å². The van der Waals surface area contributed by atoms with Crippen molar-refractivity contribution in [3.8, 4) is 0 Å². The number of fused-ring (bicyclic) bond motifs is 1. The van der Waals surface area contributed by atoms with Crippen LogP contribution in [0.2, 0.25) is 0 Å². The number of amides is 2. The van der Waals surface area contributed by atoms with E-state index in [4.69, 9.17) is 5.11 Å². The Morgan fingerprint density at radius 2 is 2.17 bits per heavy atom. The molecule has 0 spiro atoms. The Morgan fingerprint density at radius 1 is 1.44 bits per heavy atom. The van der Waals surface area contributed by atoms with Gasteiger partial charge in [-0.25, -0.2) is 4.90 Å². The molecule has 2 rings (SSSR count). The van der Waals surface area contributed by atoms with E-state index in [-0.39, 0.29) is 12.3 Å². The van der Waals surface area contributed by atoms with Crippen molar-refractivity contribution in [1.82, 2.24) is 0 Å². The van der Waals surface area contributed by atoms with Crippen molar-refractivity contribution in [1.29, 1.82) is 0 Å². The molecule has 0 atom stereocenters. The number of carboxylic acid groups (broad SMARTS) is 1. The van der Waals surface area contributed by atoms with E-state index in [0.29, 0.717) is 5.69 Å². The molecule has 1 aliphatic rings. The largest absolute Gasteiger partial charge is 0.481 e. The zero-order valence-corrected chi connectivity index (χ0v) is 9.77. The van der Waals surface area contributed by atoms with E-state index < -0.39 is 18.3 Å². The van der Waals surface area contributed by atoms with Gasteiger partial charge in [0.1, 0.15) is 6.42 Å². The molecule has 6 heteroatoms. The van der Waals surface area contributed by atoms with Crippen LogP contribution in [0.3, 0.4) is 0 Å². The van der Waals surface area contributed by atoms with Crippen molar-refractivity contribution >= 4 is 29.2 Å². The van der Waals surface area contributed by atoms with Crippen molar-refractivity contribution in [2.45, 2.75) is 12.8 Å². The summed E-state index contributed by atoms with van der Waals surface area (Å²) in [5.74, 6) is -2.33. The number of carboxylic acids is 1. The van der Waals surface area contributed by atoms with Crippen LogP contribution in [-0.4, -0.2) is 29.9 Å². The molecule has 1 aromatic rings. The average molecular weight is 248 g/mol. The molecule has 0 aliphatic carbocycles. The lowest BCUT2D eigenvalue weighted by Gasteiger charge is -2.14. The monoisotopic (exact) mass is 248 g/mol. The van der Waals surface area contributed by atoms with Gasteiger partial charge in [0, 0.05) is 12.7 Å². The first-order chi connectivity index (χ1) is 8.52. The minimum absolute atomic E-state index is 0.121. The molecule has 0 saturated heterocycles. The standard InChI is InChI=1S/C12H12N2O4/c1-13-8-2-3-9-7(4-8)5-10(15)14(9)11(16)6-12(17)18/h2-4,13H,5-6H2,1H3,(H,17,18). The Bertz CT molecular complexity index is 539. The zero-order valence-electron chi connectivity index (χ0n) is 9.77. The number of nitrogens with one attached hydrogen (secondary N) is 1. The lowest BCUT2D eigenvalue weighted by atomic mass is 10.1. The fourth-order valence-corrected chi connectivity index (χ4v) is 1.96. The van der Waals surface area contributed by atoms with E-state index in [9.17, 15) is 14.4 Å². The maximum atomic E-state index is 11.7. The smallest absolute Gasteiger partial charge is 0.312 e. The highest BCUT2D eigenvalue weighted by Crippen LogP contribution is 2.31. The average Bonchev–Trinajstić information content (AvgIpc) is 2.62. The summed E-state index contributed by atoms with van der Waals surface area (Å²) in [6.45, 7) is 0. The van der Waals surface area contributed by atoms with Crippen molar-refractivity contribution in [2.24, 2.45) is 0 Å². The summed E-state index contributed by atoms with van der Waals surface area (Å²) in [7, 11) is 1.76. The first kappa shape index (κ1) is 12.1. The van der Waals surface area contributed by atoms with Gasteiger partial charge in [0.05, 0.1) is 12.1 Å². The highest BCUT2D eigenvalue weighted by molar-refractivity contribution is 6.21. The number of hydrogen-bond acceptors (Lipinski definition) is 4. The van der Waals surface area contributed by atoms with Crippen LogP contribution in [0.25, 0.3) is 0 Å². The molecule has 2 amide bonds. The lowest BCUT2D eigenvalue weighted by molar-refractivity contribution is -0.140. The fraction of sp³-hybridized carbons (Fsp3) is 0.250. The van der Waals surface area contributed by atoms with Gasteiger partial charge in [-0.2, -0.15) is 0 Å². The predicted molar refractivity (Wildman–Crippen MR) is 64.4 cm³/mol. The summed E-state index contributed by atoms with van der Waals surface area (Å²) in [4.78, 5) is 34.9. The highest BCUT2D eigenvalue weighted by Gasteiger charge is 2.33. The van der Waals surface area contributed by atoms with Crippen LogP contribution in [-0.2, 0) is 20.8 Å². The van der Waals surface area contributed by atoms with E-state index in [1.54, 1.807) is 25.2 Å². The Kier molecular flexibility index (Phi) is 3.01. The van der Waals surface area contributed by atoms with Gasteiger partial charge < -0.3 is 10.4 Å². The molecule has 18 heavy (non-hydrogen) atoms. The molecule has 1 heterocycles. The summed E-state index contributed by atoms with van der Waals surface area (Å²) < 4.78 is 0. The van der Waals surface area contributed by atoms with E-state index in [2.05, 4.69) is 5.32 Å². The second-order valence-electron chi connectivity index (χ2n) is 3.96. The zero-order chi connectivity index (χ0) is 13.3. The molecule has 0 saturated carbocycles. The first-order valence-electron chi connectivity index (χ1n) is 5.41. The lowest BCUT2D eigenvalue weighted by Crippen LogP contribution is -2.34. The van der Waals surface area contributed by atoms with Gasteiger partial charge in [-0.05, 0) is 23.8 Å². The molecule has 0 unspecified atom stereocenters. The summed E-state index contributed by atoms with van der Waals surface area (Å²) in [6, 6.07) is 5.16. The number of carbonyl (C=O) groups excluding carboxylic acids is 2. The van der Waals surface area contributed by atoms with Gasteiger partial charge in [-0.1, -0.05) is 0 Å². The van der Waals surface area contributed by atoms with Crippen LogP contribution in [0.1, 0.15) is 12.0 Å². The molecule has 0 fully saturated rings. The molecule has 1 aromatic carbocycles. The van der Waals surface area contributed by atoms with Gasteiger partial charge in [0.2, 0.25) is 11.8 Å². The Hall–Kier alpha value is -2.37. The third kappa shape index (κ3) is 2.04. The molecule has 1 aliphatic heterocycles. The van der Waals surface area contributed by atoms with E-state index >= 15 is 0 Å². The van der Waals surface area contributed by atoms with Crippen molar-refractivity contribution in [3.05, 3.63) is 23.8 Å². The van der Waals surface area contributed by atoms with Crippen molar-refractivity contribution in [3.63, 3.8) is 0 Å². The molecular formula is C12H12N2O4. The van der Waals surface area contributed by atoms with Gasteiger partial charge in [-0.3, -0.25) is 14.4 Å². The normalized spacial score (nSPS) is 13.4. The summed E-state index contributed by atoms with van der Waals surface area (Å²) in [6.07, 6.45) is -0.560. The second-order valence-corrected chi connectivity index (χ2v) is 3.96. The molecule has 0 radical (unpaired) electrons. The molecule has 94 valence electrons. The van der Waals surface area contributed by atoms with Gasteiger partial charge in [0.15, 0.2) is 0 Å². The van der Waals surface area contributed by atoms with Crippen molar-refractivity contribution in [2.75, 3.05) is 17.3 Å². The summed E-state index contributed by atoms with van der Waals surface area (Å²) >= 11 is 0. The first-order valence-corrected chi connectivity index (χ1v) is 5.41. The molecule has 0 bridgehead atoms. The minimum Gasteiger partial charge on any atom is -0.481 e. The maximum Gasteiger partial charge on any atom is 0.312 e.